The summed E-state index contributed by atoms with van der Waals surface area (Å²) < 4.78 is 235. The van der Waals surface area contributed by atoms with Gasteiger partial charge in [0, 0.05) is 27.8 Å². The molecule has 15 nitrogen and oxygen atoms in total. The fraction of sp³-hybridized carbons (Fsp3) is 0. The number of hydrogen-bond acceptors (Lipinski definition) is 10. The van der Waals surface area contributed by atoms with E-state index in [2.05, 4.69) is 0 Å². The zero-order valence-electron chi connectivity index (χ0n) is 18.7. The zero-order chi connectivity index (χ0) is 32.5. The summed E-state index contributed by atoms with van der Waals surface area (Å²) in [5.74, 6) is 0. The van der Waals surface area contributed by atoms with E-state index in [1.54, 1.807) is 0 Å². The lowest BCUT2D eigenvalue weighted by molar-refractivity contribution is 0.492. The molecule has 0 aliphatic carbocycles. The van der Waals surface area contributed by atoms with Gasteiger partial charge in [-0.3, -0.25) is 22.8 Å². The Morgan fingerprint density at radius 2 is 0.610 bits per heavy atom. The lowest BCUT2D eigenvalue weighted by Gasteiger charge is -2.24. The fourth-order valence-electron chi connectivity index (χ4n) is 3.06. The van der Waals surface area contributed by atoms with Gasteiger partial charge in [0.1, 0.15) is 56.2 Å². The summed E-state index contributed by atoms with van der Waals surface area (Å²) in [6, 6.07) is -0.476. The molecule has 1 aromatic rings. The molecule has 0 heterocycles. The van der Waals surface area contributed by atoms with Crippen LogP contribution in [0.25, 0.3) is 24.5 Å². The molecular formula is C16H11F5O15S5. The van der Waals surface area contributed by atoms with Crippen molar-refractivity contribution in [2.45, 2.75) is 0 Å². The summed E-state index contributed by atoms with van der Waals surface area (Å²) in [7, 11) is -31.3. The summed E-state index contributed by atoms with van der Waals surface area (Å²) >= 11 is 0. The average Bonchev–Trinajstić information content (AvgIpc) is 2.74. The molecule has 0 atom stereocenters. The number of rotatable bonds is 10. The van der Waals surface area contributed by atoms with Crippen LogP contribution in [0.1, 0.15) is 27.8 Å². The molecule has 1 rings (SSSR count). The lowest BCUT2D eigenvalue weighted by atomic mass is 9.90. The minimum absolute atomic E-state index is 0.476. The van der Waals surface area contributed by atoms with Gasteiger partial charge in [0.2, 0.25) is 0 Å². The van der Waals surface area contributed by atoms with E-state index in [0.717, 1.165) is 0 Å². The van der Waals surface area contributed by atoms with Crippen LogP contribution in [0.15, 0.2) is 37.7 Å². The standard InChI is InChI=1S/C16H11F5O15S5/c17-2-9(37(22,23)24)7-1-8(10(3-18)38(25,26)27)15(12(5-20)40(31,32)33)16(13(6-21)41(34,35)36)14(7)11(4-19)39(28,29)30/h1-6H,(H,22,23,24)(H,25,26,27)(H,28,29,30)(H,31,32,33)(H,34,35,36). The Bertz CT molecular complexity index is 1870. The Balaban J connectivity index is 5.42. The van der Waals surface area contributed by atoms with Crippen LogP contribution in [0.3, 0.4) is 0 Å². The molecule has 0 amide bonds. The van der Waals surface area contributed by atoms with Gasteiger partial charge in [-0.15, -0.1) is 0 Å². The largest absolute Gasteiger partial charge is 0.297 e. The molecule has 0 aliphatic heterocycles. The number of hydrogen-bond donors (Lipinski definition) is 5. The summed E-state index contributed by atoms with van der Waals surface area (Å²) in [4.78, 5) is -12.4. The first-order chi connectivity index (χ1) is 18.3. The van der Waals surface area contributed by atoms with Gasteiger partial charge in [0.05, 0.1) is 0 Å². The van der Waals surface area contributed by atoms with E-state index in [0.29, 0.717) is 0 Å². The third-order valence-electron chi connectivity index (χ3n) is 4.48. The first kappa shape index (κ1) is 36.1. The molecule has 25 heteroatoms. The molecule has 0 bridgehead atoms. The van der Waals surface area contributed by atoms with Crippen molar-refractivity contribution in [3.63, 3.8) is 0 Å². The van der Waals surface area contributed by atoms with Crippen molar-refractivity contribution in [2.24, 2.45) is 0 Å². The summed E-state index contributed by atoms with van der Waals surface area (Å²) in [5, 5.41) is 0. The van der Waals surface area contributed by atoms with Gasteiger partial charge in [-0.2, -0.15) is 42.1 Å². The second kappa shape index (κ2) is 12.2. The van der Waals surface area contributed by atoms with E-state index >= 15 is 0 Å². The van der Waals surface area contributed by atoms with Crippen molar-refractivity contribution in [3.8, 4) is 0 Å². The molecule has 0 fully saturated rings. The molecule has 0 aliphatic rings. The van der Waals surface area contributed by atoms with Gasteiger partial charge >= 0.3 is 0 Å². The molecular weight excluding hydrogens is 687 g/mol. The van der Waals surface area contributed by atoms with Crippen LogP contribution in [0.2, 0.25) is 0 Å². The molecule has 41 heavy (non-hydrogen) atoms. The molecule has 1 aromatic carbocycles. The highest BCUT2D eigenvalue weighted by Crippen LogP contribution is 2.47. The summed E-state index contributed by atoms with van der Waals surface area (Å²) in [6.45, 7) is 0. The highest BCUT2D eigenvalue weighted by atomic mass is 32.2. The van der Waals surface area contributed by atoms with Crippen LogP contribution >= 0.6 is 0 Å². The molecule has 0 saturated carbocycles. The topological polar surface area (TPSA) is 272 Å². The molecule has 0 unspecified atom stereocenters. The fourth-order valence-corrected chi connectivity index (χ4v) is 5.90. The van der Waals surface area contributed by atoms with E-state index in [-0.39, 0.29) is 0 Å². The van der Waals surface area contributed by atoms with Crippen molar-refractivity contribution in [3.05, 3.63) is 65.5 Å². The SMILES string of the molecule is O=S(=O)(O)C(=CF)c1cc(C(=CF)S(=O)(=O)O)c(C(=CF)S(=O)(=O)O)c(C(=CF)S(=O)(=O)O)c1C(=CF)S(=O)(=O)O. The van der Waals surface area contributed by atoms with Crippen LogP contribution < -0.4 is 0 Å². The Morgan fingerprint density at radius 3 is 0.780 bits per heavy atom. The first-order valence-corrected chi connectivity index (χ1v) is 16.2. The Morgan fingerprint density at radius 1 is 0.415 bits per heavy atom. The zero-order valence-corrected chi connectivity index (χ0v) is 22.8. The second-order valence-corrected chi connectivity index (χ2v) is 13.8. The average molecular weight is 699 g/mol. The molecule has 0 saturated heterocycles. The van der Waals surface area contributed by atoms with Crippen molar-refractivity contribution in [2.75, 3.05) is 0 Å². The third-order valence-corrected chi connectivity index (χ3v) is 8.76. The van der Waals surface area contributed by atoms with Crippen molar-refractivity contribution < 1.29 is 86.8 Å². The van der Waals surface area contributed by atoms with Gasteiger partial charge in [-0.05, 0) is 6.07 Å². The Labute approximate surface area is 227 Å². The molecule has 0 spiro atoms. The third kappa shape index (κ3) is 7.70. The Hall–Kier alpha value is -2.88. The van der Waals surface area contributed by atoms with Crippen LogP contribution in [0.5, 0.6) is 0 Å². The highest BCUT2D eigenvalue weighted by molar-refractivity contribution is 7.97. The van der Waals surface area contributed by atoms with E-state index in [1.165, 1.54) is 0 Å². The van der Waals surface area contributed by atoms with Crippen LogP contribution in [-0.4, -0.2) is 64.9 Å². The lowest BCUT2D eigenvalue weighted by Crippen LogP contribution is -2.18. The quantitative estimate of drug-likeness (QED) is 0.173. The maximum Gasteiger partial charge on any atom is 0.297 e. The van der Waals surface area contributed by atoms with E-state index in [1.807, 2.05) is 0 Å². The predicted molar refractivity (Wildman–Crippen MR) is 130 cm³/mol. The van der Waals surface area contributed by atoms with Crippen molar-refractivity contribution >= 4 is 75.1 Å². The minimum atomic E-state index is -6.37. The van der Waals surface area contributed by atoms with Crippen LogP contribution in [0, 0.1) is 0 Å². The molecule has 5 N–H and O–H groups in total. The van der Waals surface area contributed by atoms with Crippen molar-refractivity contribution in [1.82, 2.24) is 0 Å². The smallest absolute Gasteiger partial charge is 0.282 e. The normalized spacial score (nSPS) is 15.8. The van der Waals surface area contributed by atoms with E-state index in [9.17, 15) is 86.8 Å². The maximum absolute atomic E-state index is 14.0. The maximum atomic E-state index is 14.0. The number of benzene rings is 1. The van der Waals surface area contributed by atoms with Crippen LogP contribution in [-0.2, 0) is 50.6 Å². The first-order valence-electron chi connectivity index (χ1n) is 8.96. The van der Waals surface area contributed by atoms with E-state index in [4.69, 9.17) is 0 Å². The van der Waals surface area contributed by atoms with Gasteiger partial charge in [-0.1, -0.05) is 0 Å². The van der Waals surface area contributed by atoms with Gasteiger partial charge in [0.25, 0.3) is 50.6 Å². The highest BCUT2D eigenvalue weighted by Gasteiger charge is 2.40. The van der Waals surface area contributed by atoms with E-state index < -0.39 is 141 Å². The van der Waals surface area contributed by atoms with Crippen molar-refractivity contribution in [1.29, 1.82) is 0 Å². The Kier molecular flexibility index (Phi) is 10.7. The minimum Gasteiger partial charge on any atom is -0.282 e. The second-order valence-electron chi connectivity index (χ2n) is 6.84. The number of halogens is 5. The van der Waals surface area contributed by atoms with Gasteiger partial charge in [-0.25, -0.2) is 22.0 Å². The molecule has 0 radical (unpaired) electrons. The van der Waals surface area contributed by atoms with Crippen LogP contribution in [0.4, 0.5) is 22.0 Å². The molecule has 230 valence electrons. The van der Waals surface area contributed by atoms with Gasteiger partial charge in [0.15, 0.2) is 0 Å². The summed E-state index contributed by atoms with van der Waals surface area (Å²) in [5.41, 5.74) is -11.3. The monoisotopic (exact) mass is 698 g/mol. The predicted octanol–water partition coefficient (Wildman–Crippen LogP) is 2.47. The van der Waals surface area contributed by atoms with Gasteiger partial charge < -0.3 is 0 Å². The summed E-state index contributed by atoms with van der Waals surface area (Å²) in [6.07, 6.45) is -6.42. The molecule has 0 aromatic heterocycles.